The van der Waals surface area contributed by atoms with Gasteiger partial charge in [0.2, 0.25) is 5.91 Å². The summed E-state index contributed by atoms with van der Waals surface area (Å²) in [6.45, 7) is 1.67. The Bertz CT molecular complexity index is 459. The number of rotatable bonds is 7. The topological polar surface area (TPSA) is 87.7 Å². The van der Waals surface area contributed by atoms with E-state index in [0.717, 1.165) is 5.56 Å². The zero-order valence-corrected chi connectivity index (χ0v) is 11.8. The van der Waals surface area contributed by atoms with Gasteiger partial charge in [-0.1, -0.05) is 12.1 Å². The van der Waals surface area contributed by atoms with Crippen molar-refractivity contribution in [3.63, 3.8) is 0 Å². The molecule has 0 heterocycles. The Hall–Kier alpha value is -2.08. The second-order valence-electron chi connectivity index (χ2n) is 4.46. The second kappa shape index (κ2) is 7.49. The molecule has 1 amide bonds. The minimum Gasteiger partial charge on any atom is -0.497 e. The third-order valence-corrected chi connectivity index (χ3v) is 3.04. The number of carboxylic acid groups (broad SMARTS) is 1. The van der Waals surface area contributed by atoms with Crippen LogP contribution in [0.1, 0.15) is 12.5 Å². The number of carbonyl (C=O) groups is 2. The molecule has 1 unspecified atom stereocenters. The van der Waals surface area contributed by atoms with Crippen LogP contribution in [0.5, 0.6) is 5.75 Å². The summed E-state index contributed by atoms with van der Waals surface area (Å²) in [5.74, 6) is -0.695. The summed E-state index contributed by atoms with van der Waals surface area (Å²) in [5, 5.41) is 14.5. The van der Waals surface area contributed by atoms with Crippen LogP contribution < -0.4 is 15.4 Å². The molecular formula is C14H20N2O4. The van der Waals surface area contributed by atoms with Gasteiger partial charge in [0, 0.05) is 6.42 Å². The maximum absolute atomic E-state index is 11.7. The van der Waals surface area contributed by atoms with Crippen LogP contribution in [-0.4, -0.2) is 43.2 Å². The summed E-state index contributed by atoms with van der Waals surface area (Å²) in [6.07, 6.45) is 0.224. The number of ether oxygens (including phenoxy) is 1. The van der Waals surface area contributed by atoms with Gasteiger partial charge in [0.15, 0.2) is 0 Å². The first-order valence-corrected chi connectivity index (χ1v) is 6.31. The van der Waals surface area contributed by atoms with Crippen LogP contribution in [0.2, 0.25) is 0 Å². The van der Waals surface area contributed by atoms with Gasteiger partial charge in [-0.15, -0.1) is 0 Å². The molecule has 0 saturated carbocycles. The minimum absolute atomic E-state index is 0.224. The molecule has 0 aromatic heterocycles. The predicted molar refractivity (Wildman–Crippen MR) is 74.8 cm³/mol. The van der Waals surface area contributed by atoms with E-state index in [-0.39, 0.29) is 12.3 Å². The molecule has 110 valence electrons. The summed E-state index contributed by atoms with van der Waals surface area (Å²) >= 11 is 0. The van der Waals surface area contributed by atoms with Crippen molar-refractivity contribution in [3.8, 4) is 5.75 Å². The molecule has 6 nitrogen and oxygen atoms in total. The highest BCUT2D eigenvalue weighted by molar-refractivity contribution is 5.86. The Morgan fingerprint density at radius 3 is 2.35 bits per heavy atom. The van der Waals surface area contributed by atoms with Crippen molar-refractivity contribution >= 4 is 11.9 Å². The number of amides is 1. The Morgan fingerprint density at radius 2 is 1.90 bits per heavy atom. The molecule has 0 bridgehead atoms. The highest BCUT2D eigenvalue weighted by atomic mass is 16.5. The van der Waals surface area contributed by atoms with Crippen LogP contribution in [0.15, 0.2) is 24.3 Å². The van der Waals surface area contributed by atoms with Crippen molar-refractivity contribution < 1.29 is 19.4 Å². The largest absolute Gasteiger partial charge is 0.497 e. The lowest BCUT2D eigenvalue weighted by Gasteiger charge is -2.17. The van der Waals surface area contributed by atoms with E-state index in [1.54, 1.807) is 45.3 Å². The normalized spacial score (nSPS) is 13.3. The van der Waals surface area contributed by atoms with E-state index in [1.165, 1.54) is 0 Å². The van der Waals surface area contributed by atoms with E-state index in [9.17, 15) is 14.7 Å². The molecule has 20 heavy (non-hydrogen) atoms. The number of hydrogen-bond donors (Lipinski definition) is 3. The van der Waals surface area contributed by atoms with Crippen molar-refractivity contribution in [1.82, 2.24) is 10.6 Å². The maximum Gasteiger partial charge on any atom is 0.326 e. The third-order valence-electron chi connectivity index (χ3n) is 3.04. The predicted octanol–water partition coefficient (Wildman–Crippen LogP) is 0.415. The van der Waals surface area contributed by atoms with Crippen molar-refractivity contribution in [2.45, 2.75) is 25.4 Å². The van der Waals surface area contributed by atoms with Crippen LogP contribution in [0, 0.1) is 0 Å². The SMILES string of the molecule is CN[C@H](C)C(=O)NC(Cc1ccc(OC)cc1)C(=O)O. The number of carboxylic acids is 1. The molecule has 0 aliphatic rings. The standard InChI is InChI=1S/C14H20N2O4/c1-9(15-2)13(17)16-12(14(18)19)8-10-4-6-11(20-3)7-5-10/h4-7,9,12,15H,8H2,1-3H3,(H,16,17)(H,18,19)/t9-,12?/m1/s1. The molecule has 0 aliphatic heterocycles. The number of likely N-dealkylation sites (N-methyl/N-ethyl adjacent to an activating group) is 1. The molecule has 1 aromatic carbocycles. The first-order valence-electron chi connectivity index (χ1n) is 6.31. The number of hydrogen-bond acceptors (Lipinski definition) is 4. The fourth-order valence-electron chi connectivity index (χ4n) is 1.63. The Morgan fingerprint density at radius 1 is 1.30 bits per heavy atom. The van der Waals surface area contributed by atoms with Crippen molar-refractivity contribution in [2.75, 3.05) is 14.2 Å². The van der Waals surface area contributed by atoms with E-state index in [1.807, 2.05) is 0 Å². The van der Waals surface area contributed by atoms with Gasteiger partial charge in [-0.25, -0.2) is 4.79 Å². The summed E-state index contributed by atoms with van der Waals surface area (Å²) in [6, 6.07) is 5.68. The number of methoxy groups -OCH3 is 1. The van der Waals surface area contributed by atoms with E-state index in [4.69, 9.17) is 4.74 Å². The van der Waals surface area contributed by atoms with Gasteiger partial charge in [0.05, 0.1) is 13.2 Å². The van der Waals surface area contributed by atoms with Crippen molar-refractivity contribution in [3.05, 3.63) is 29.8 Å². The summed E-state index contributed by atoms with van der Waals surface area (Å²) in [7, 11) is 3.21. The fraction of sp³-hybridized carbons (Fsp3) is 0.429. The summed E-state index contributed by atoms with van der Waals surface area (Å²) in [5.41, 5.74) is 0.815. The molecule has 1 aromatic rings. The lowest BCUT2D eigenvalue weighted by molar-refractivity contribution is -0.142. The van der Waals surface area contributed by atoms with Crippen LogP contribution in [0.25, 0.3) is 0 Å². The van der Waals surface area contributed by atoms with Gasteiger partial charge in [-0.3, -0.25) is 4.79 Å². The number of nitrogens with one attached hydrogen (secondary N) is 2. The van der Waals surface area contributed by atoms with E-state index in [0.29, 0.717) is 5.75 Å². The number of carbonyl (C=O) groups excluding carboxylic acids is 1. The molecule has 6 heteroatoms. The average Bonchev–Trinajstić information content (AvgIpc) is 2.46. The highest BCUT2D eigenvalue weighted by Crippen LogP contribution is 2.12. The van der Waals surface area contributed by atoms with Gasteiger partial charge in [0.1, 0.15) is 11.8 Å². The zero-order chi connectivity index (χ0) is 15.1. The first kappa shape index (κ1) is 16.0. The molecule has 0 aliphatic carbocycles. The molecule has 3 N–H and O–H groups in total. The highest BCUT2D eigenvalue weighted by Gasteiger charge is 2.22. The molecule has 1 rings (SSSR count). The molecule has 0 radical (unpaired) electrons. The third kappa shape index (κ3) is 4.55. The van der Waals surface area contributed by atoms with Crippen LogP contribution >= 0.6 is 0 Å². The van der Waals surface area contributed by atoms with Gasteiger partial charge in [0.25, 0.3) is 0 Å². The lowest BCUT2D eigenvalue weighted by atomic mass is 10.1. The smallest absolute Gasteiger partial charge is 0.326 e. The van der Waals surface area contributed by atoms with Crippen molar-refractivity contribution in [2.24, 2.45) is 0 Å². The second-order valence-corrected chi connectivity index (χ2v) is 4.46. The van der Waals surface area contributed by atoms with E-state index in [2.05, 4.69) is 10.6 Å². The molecule has 0 fully saturated rings. The zero-order valence-electron chi connectivity index (χ0n) is 11.8. The average molecular weight is 280 g/mol. The minimum atomic E-state index is -1.06. The molecule has 0 saturated heterocycles. The van der Waals surface area contributed by atoms with Gasteiger partial charge < -0.3 is 20.5 Å². The lowest BCUT2D eigenvalue weighted by Crippen LogP contribution is -2.49. The van der Waals surface area contributed by atoms with E-state index >= 15 is 0 Å². The quantitative estimate of drug-likeness (QED) is 0.673. The van der Waals surface area contributed by atoms with Gasteiger partial charge >= 0.3 is 5.97 Å². The number of benzene rings is 1. The number of aliphatic carboxylic acids is 1. The Labute approximate surface area is 118 Å². The van der Waals surface area contributed by atoms with Crippen LogP contribution in [0.4, 0.5) is 0 Å². The Balaban J connectivity index is 2.71. The van der Waals surface area contributed by atoms with E-state index < -0.39 is 18.1 Å². The van der Waals surface area contributed by atoms with Crippen LogP contribution in [0.3, 0.4) is 0 Å². The molecular weight excluding hydrogens is 260 g/mol. The Kier molecular flexibility index (Phi) is 5.99. The fourth-order valence-corrected chi connectivity index (χ4v) is 1.63. The van der Waals surface area contributed by atoms with Gasteiger partial charge in [-0.2, -0.15) is 0 Å². The van der Waals surface area contributed by atoms with Crippen LogP contribution in [-0.2, 0) is 16.0 Å². The maximum atomic E-state index is 11.7. The molecule has 2 atom stereocenters. The monoisotopic (exact) mass is 280 g/mol. The first-order chi connectivity index (χ1) is 9.47. The van der Waals surface area contributed by atoms with Gasteiger partial charge in [-0.05, 0) is 31.7 Å². The van der Waals surface area contributed by atoms with Crippen molar-refractivity contribution in [1.29, 1.82) is 0 Å². The summed E-state index contributed by atoms with van der Waals surface area (Å²) < 4.78 is 5.04. The summed E-state index contributed by atoms with van der Waals surface area (Å²) in [4.78, 5) is 22.9. The molecule has 0 spiro atoms.